The van der Waals surface area contributed by atoms with Crippen molar-refractivity contribution in [3.05, 3.63) is 0 Å². The smallest absolute Gasteiger partial charge is 0.00678 e. The molecule has 0 spiro atoms. The van der Waals surface area contributed by atoms with Crippen LogP contribution in [-0.2, 0) is 0 Å². The van der Waals surface area contributed by atoms with Gasteiger partial charge in [-0.3, -0.25) is 0 Å². The van der Waals surface area contributed by atoms with E-state index in [1.165, 1.54) is 5.33 Å². The lowest BCUT2D eigenvalue weighted by Crippen LogP contribution is -2.10. The fourth-order valence-electron chi connectivity index (χ4n) is 2.54. The number of halogens is 1. The van der Waals surface area contributed by atoms with E-state index in [9.17, 15) is 0 Å². The van der Waals surface area contributed by atoms with E-state index in [2.05, 4.69) is 50.5 Å². The van der Waals surface area contributed by atoms with Gasteiger partial charge in [0.2, 0.25) is 0 Å². The minimum atomic E-state index is 0.590. The highest BCUT2D eigenvalue weighted by molar-refractivity contribution is 9.09. The van der Waals surface area contributed by atoms with E-state index >= 15 is 0 Å². The van der Waals surface area contributed by atoms with Gasteiger partial charge in [0, 0.05) is 5.33 Å². The van der Waals surface area contributed by atoms with Gasteiger partial charge < -0.3 is 0 Å². The van der Waals surface area contributed by atoms with Gasteiger partial charge in [0.05, 0.1) is 0 Å². The van der Waals surface area contributed by atoms with Crippen molar-refractivity contribution in [1.82, 2.24) is 0 Å². The molecule has 3 atom stereocenters. The molecule has 0 nitrogen and oxygen atoms in total. The monoisotopic (exact) mass is 232 g/mol. The second-order valence-electron chi connectivity index (χ2n) is 5.21. The Labute approximate surface area is 85.3 Å². The maximum Gasteiger partial charge on any atom is 0.00678 e. The first-order valence-corrected chi connectivity index (χ1v) is 6.11. The van der Waals surface area contributed by atoms with Crippen molar-refractivity contribution in [3.8, 4) is 0 Å². The number of hydrogen-bond donors (Lipinski definition) is 0. The largest absolute Gasteiger partial charge is 0.0925 e. The van der Waals surface area contributed by atoms with E-state index in [1.54, 1.807) is 0 Å². The van der Waals surface area contributed by atoms with Crippen LogP contribution in [0, 0.1) is 29.1 Å². The second kappa shape index (κ2) is 3.32. The van der Waals surface area contributed by atoms with E-state index in [1.807, 2.05) is 0 Å². The SMILES string of the molecule is CC(C)C(C)C1C(CBr)C1(C)C. The molecule has 0 aromatic carbocycles. The summed E-state index contributed by atoms with van der Waals surface area (Å²) in [7, 11) is 0. The third-order valence-electron chi connectivity index (χ3n) is 3.92. The van der Waals surface area contributed by atoms with Crippen molar-refractivity contribution in [3.63, 3.8) is 0 Å². The number of rotatable bonds is 3. The summed E-state index contributed by atoms with van der Waals surface area (Å²) in [5.74, 6) is 3.56. The van der Waals surface area contributed by atoms with Crippen molar-refractivity contribution < 1.29 is 0 Å². The summed E-state index contributed by atoms with van der Waals surface area (Å²) in [6, 6.07) is 0. The molecule has 1 aliphatic carbocycles. The van der Waals surface area contributed by atoms with E-state index in [4.69, 9.17) is 0 Å². The Balaban J connectivity index is 2.57. The molecule has 12 heavy (non-hydrogen) atoms. The van der Waals surface area contributed by atoms with Gasteiger partial charge in [0.1, 0.15) is 0 Å². The third kappa shape index (κ3) is 1.57. The van der Waals surface area contributed by atoms with Crippen LogP contribution in [-0.4, -0.2) is 5.33 Å². The highest BCUT2D eigenvalue weighted by Crippen LogP contribution is 2.63. The highest BCUT2D eigenvalue weighted by Gasteiger charge is 2.58. The highest BCUT2D eigenvalue weighted by atomic mass is 79.9. The predicted molar refractivity (Wildman–Crippen MR) is 58.6 cm³/mol. The van der Waals surface area contributed by atoms with Crippen molar-refractivity contribution in [2.24, 2.45) is 29.1 Å². The average molecular weight is 233 g/mol. The molecule has 0 amide bonds. The van der Waals surface area contributed by atoms with Crippen LogP contribution in [0.25, 0.3) is 0 Å². The lowest BCUT2D eigenvalue weighted by molar-refractivity contribution is 0.326. The fraction of sp³-hybridized carbons (Fsp3) is 1.00. The molecule has 72 valence electrons. The molecule has 0 aromatic rings. The Morgan fingerprint density at radius 3 is 2.00 bits per heavy atom. The quantitative estimate of drug-likeness (QED) is 0.647. The summed E-state index contributed by atoms with van der Waals surface area (Å²) in [5, 5.41) is 1.18. The Morgan fingerprint density at radius 2 is 1.75 bits per heavy atom. The maximum absolute atomic E-state index is 3.61. The van der Waals surface area contributed by atoms with Gasteiger partial charge in [-0.05, 0) is 29.1 Å². The van der Waals surface area contributed by atoms with Crippen LogP contribution in [0.1, 0.15) is 34.6 Å². The Morgan fingerprint density at radius 1 is 1.25 bits per heavy atom. The first kappa shape index (κ1) is 10.6. The summed E-state index contributed by atoms with van der Waals surface area (Å²) in [6.07, 6.45) is 0. The third-order valence-corrected chi connectivity index (χ3v) is 4.62. The maximum atomic E-state index is 3.61. The lowest BCUT2D eigenvalue weighted by atomic mass is 9.89. The first-order valence-electron chi connectivity index (χ1n) is 4.98. The zero-order valence-corrected chi connectivity index (χ0v) is 10.5. The molecule has 1 fully saturated rings. The van der Waals surface area contributed by atoms with Crippen LogP contribution in [0.2, 0.25) is 0 Å². The summed E-state index contributed by atoms with van der Waals surface area (Å²) >= 11 is 3.61. The topological polar surface area (TPSA) is 0 Å². The average Bonchev–Trinajstić information content (AvgIpc) is 2.50. The molecule has 1 rings (SSSR count). The van der Waals surface area contributed by atoms with Crippen LogP contribution in [0.4, 0.5) is 0 Å². The summed E-state index contributed by atoms with van der Waals surface area (Å²) in [5.41, 5.74) is 0.590. The zero-order chi connectivity index (χ0) is 9.52. The molecule has 0 saturated heterocycles. The normalized spacial score (nSPS) is 35.2. The van der Waals surface area contributed by atoms with Crippen LogP contribution in [0.15, 0.2) is 0 Å². The van der Waals surface area contributed by atoms with E-state index in [-0.39, 0.29) is 0 Å². The zero-order valence-electron chi connectivity index (χ0n) is 8.89. The molecule has 0 heterocycles. The molecular formula is C11H21Br. The summed E-state index contributed by atoms with van der Waals surface area (Å²) in [6.45, 7) is 11.9. The number of alkyl halides is 1. The van der Waals surface area contributed by atoms with Crippen molar-refractivity contribution in [1.29, 1.82) is 0 Å². The Hall–Kier alpha value is 0.480. The first-order chi connectivity index (χ1) is 5.42. The van der Waals surface area contributed by atoms with Crippen molar-refractivity contribution in [2.75, 3.05) is 5.33 Å². The van der Waals surface area contributed by atoms with Crippen LogP contribution >= 0.6 is 15.9 Å². The number of hydrogen-bond acceptors (Lipinski definition) is 0. The Kier molecular flexibility index (Phi) is 2.92. The molecule has 1 saturated carbocycles. The standard InChI is InChI=1S/C11H21Br/c1-7(2)8(3)10-9(6-12)11(10,4)5/h7-10H,6H2,1-5H3. The van der Waals surface area contributed by atoms with Gasteiger partial charge in [-0.1, -0.05) is 50.5 Å². The van der Waals surface area contributed by atoms with Crippen molar-refractivity contribution in [2.45, 2.75) is 34.6 Å². The molecule has 0 aliphatic heterocycles. The lowest BCUT2D eigenvalue weighted by Gasteiger charge is -2.16. The molecular weight excluding hydrogens is 212 g/mol. The van der Waals surface area contributed by atoms with Gasteiger partial charge in [-0.15, -0.1) is 0 Å². The Bertz CT molecular complexity index is 160. The van der Waals surface area contributed by atoms with Gasteiger partial charge in [0.25, 0.3) is 0 Å². The van der Waals surface area contributed by atoms with Gasteiger partial charge in [0.15, 0.2) is 0 Å². The van der Waals surface area contributed by atoms with Gasteiger partial charge in [-0.25, -0.2) is 0 Å². The second-order valence-corrected chi connectivity index (χ2v) is 5.86. The minimum Gasteiger partial charge on any atom is -0.0925 e. The molecule has 0 N–H and O–H groups in total. The minimum absolute atomic E-state index is 0.590. The summed E-state index contributed by atoms with van der Waals surface area (Å²) < 4.78 is 0. The van der Waals surface area contributed by atoms with Crippen LogP contribution in [0.3, 0.4) is 0 Å². The van der Waals surface area contributed by atoms with Crippen LogP contribution in [0.5, 0.6) is 0 Å². The van der Waals surface area contributed by atoms with Crippen molar-refractivity contribution >= 4 is 15.9 Å². The summed E-state index contributed by atoms with van der Waals surface area (Å²) in [4.78, 5) is 0. The molecule has 0 bridgehead atoms. The molecule has 0 aromatic heterocycles. The molecule has 1 aliphatic rings. The van der Waals surface area contributed by atoms with E-state index in [0.717, 1.165) is 23.7 Å². The van der Waals surface area contributed by atoms with Gasteiger partial charge >= 0.3 is 0 Å². The predicted octanol–water partition coefficient (Wildman–Crippen LogP) is 3.95. The molecule has 0 radical (unpaired) electrons. The van der Waals surface area contributed by atoms with E-state index in [0.29, 0.717) is 5.41 Å². The van der Waals surface area contributed by atoms with Gasteiger partial charge in [-0.2, -0.15) is 0 Å². The molecule has 3 unspecified atom stereocenters. The molecule has 1 heteroatoms. The van der Waals surface area contributed by atoms with Crippen LogP contribution < -0.4 is 0 Å². The fourth-order valence-corrected chi connectivity index (χ4v) is 3.78. The van der Waals surface area contributed by atoms with E-state index < -0.39 is 0 Å².